The van der Waals surface area contributed by atoms with Crippen LogP contribution >= 0.6 is 11.3 Å². The van der Waals surface area contributed by atoms with E-state index in [-0.39, 0.29) is 0 Å². The number of hydrogen-bond acceptors (Lipinski definition) is 3. The molecule has 0 aliphatic rings. The molecule has 1 aromatic rings. The first-order chi connectivity index (χ1) is 7.67. The molecule has 1 aromatic heterocycles. The Labute approximate surface area is 104 Å². The molecule has 0 spiro atoms. The van der Waals surface area contributed by atoms with E-state index in [1.54, 1.807) is 11.3 Å². The fourth-order valence-electron chi connectivity index (χ4n) is 1.79. The number of nitrogens with zero attached hydrogens (tertiary/aromatic N) is 1. The molecule has 0 fully saturated rings. The summed E-state index contributed by atoms with van der Waals surface area (Å²) in [6.07, 6.45) is 0. The molecule has 1 heterocycles. The molecule has 0 saturated heterocycles. The second-order valence-corrected chi connectivity index (χ2v) is 5.09. The van der Waals surface area contributed by atoms with Crippen molar-refractivity contribution in [3.63, 3.8) is 0 Å². The van der Waals surface area contributed by atoms with Crippen molar-refractivity contribution in [3.8, 4) is 0 Å². The highest BCUT2D eigenvalue weighted by Crippen LogP contribution is 2.13. The topological polar surface area (TPSA) is 15.3 Å². The number of nitrogens with one attached hydrogen (secondary N) is 1. The summed E-state index contributed by atoms with van der Waals surface area (Å²) in [5.41, 5.74) is 2.85. The zero-order valence-corrected chi connectivity index (χ0v) is 11.7. The van der Waals surface area contributed by atoms with Crippen LogP contribution in [0.5, 0.6) is 0 Å². The van der Waals surface area contributed by atoms with Crippen molar-refractivity contribution in [2.24, 2.45) is 0 Å². The summed E-state index contributed by atoms with van der Waals surface area (Å²) in [5, 5.41) is 8.05. The second-order valence-electron chi connectivity index (χ2n) is 4.35. The normalized spacial score (nSPS) is 13.3. The molecule has 0 bridgehead atoms. The van der Waals surface area contributed by atoms with E-state index < -0.39 is 0 Å². The van der Waals surface area contributed by atoms with Crippen molar-refractivity contribution in [2.45, 2.75) is 40.3 Å². The van der Waals surface area contributed by atoms with E-state index in [0.717, 1.165) is 26.2 Å². The third-order valence-corrected chi connectivity index (χ3v) is 3.94. The van der Waals surface area contributed by atoms with E-state index in [9.17, 15) is 0 Å². The number of likely N-dealkylation sites (N-methyl/N-ethyl adjacent to an activating group) is 1. The van der Waals surface area contributed by atoms with Gasteiger partial charge in [-0.1, -0.05) is 13.8 Å². The molecular formula is C13H24N2S. The molecule has 1 N–H and O–H groups in total. The molecule has 0 aromatic carbocycles. The Balaban J connectivity index is 2.30. The molecule has 3 heteroatoms. The standard InChI is InChI=1S/C13H24N2S/c1-5-15(6-2)8-12(4)14-7-13-10-16-9-11(13)3/h9-10,12,14H,5-8H2,1-4H3. The second kappa shape index (κ2) is 7.05. The van der Waals surface area contributed by atoms with Crippen LogP contribution in [0.1, 0.15) is 31.9 Å². The fraction of sp³-hybridized carbons (Fsp3) is 0.692. The Morgan fingerprint density at radius 1 is 1.31 bits per heavy atom. The maximum absolute atomic E-state index is 3.59. The van der Waals surface area contributed by atoms with Crippen molar-refractivity contribution in [2.75, 3.05) is 19.6 Å². The van der Waals surface area contributed by atoms with Gasteiger partial charge in [0.1, 0.15) is 0 Å². The molecule has 1 unspecified atom stereocenters. The van der Waals surface area contributed by atoms with Crippen molar-refractivity contribution in [3.05, 3.63) is 21.9 Å². The average Bonchev–Trinajstić information content (AvgIpc) is 2.69. The van der Waals surface area contributed by atoms with Gasteiger partial charge in [-0.05, 0) is 48.8 Å². The fourth-order valence-corrected chi connectivity index (χ4v) is 2.64. The van der Waals surface area contributed by atoms with E-state index in [1.807, 2.05) is 0 Å². The SMILES string of the molecule is CCN(CC)CC(C)NCc1cscc1C. The summed E-state index contributed by atoms with van der Waals surface area (Å²) < 4.78 is 0. The molecule has 1 atom stereocenters. The minimum atomic E-state index is 0.555. The van der Waals surface area contributed by atoms with Crippen LogP contribution in [0.3, 0.4) is 0 Å². The molecule has 16 heavy (non-hydrogen) atoms. The summed E-state index contributed by atoms with van der Waals surface area (Å²) in [7, 11) is 0. The number of thiophene rings is 1. The van der Waals surface area contributed by atoms with Crippen LogP contribution < -0.4 is 5.32 Å². The highest BCUT2D eigenvalue weighted by molar-refractivity contribution is 7.08. The lowest BCUT2D eigenvalue weighted by Gasteiger charge is -2.23. The van der Waals surface area contributed by atoms with E-state index in [4.69, 9.17) is 0 Å². The van der Waals surface area contributed by atoms with Crippen LogP contribution in [0, 0.1) is 6.92 Å². The van der Waals surface area contributed by atoms with Gasteiger partial charge >= 0.3 is 0 Å². The molecule has 0 aliphatic heterocycles. The molecule has 0 radical (unpaired) electrons. The molecule has 92 valence electrons. The Bertz CT molecular complexity index is 292. The summed E-state index contributed by atoms with van der Waals surface area (Å²) in [6, 6.07) is 0.555. The summed E-state index contributed by atoms with van der Waals surface area (Å²) in [5.74, 6) is 0. The Morgan fingerprint density at radius 3 is 2.50 bits per heavy atom. The average molecular weight is 240 g/mol. The van der Waals surface area contributed by atoms with E-state index >= 15 is 0 Å². The maximum atomic E-state index is 3.59. The van der Waals surface area contributed by atoms with Gasteiger partial charge in [0.15, 0.2) is 0 Å². The minimum absolute atomic E-state index is 0.555. The van der Waals surface area contributed by atoms with Gasteiger partial charge in [-0.3, -0.25) is 0 Å². The van der Waals surface area contributed by atoms with Gasteiger partial charge in [0.2, 0.25) is 0 Å². The van der Waals surface area contributed by atoms with Gasteiger partial charge in [0.05, 0.1) is 0 Å². The van der Waals surface area contributed by atoms with Gasteiger partial charge in [-0.15, -0.1) is 0 Å². The molecule has 1 rings (SSSR count). The van der Waals surface area contributed by atoms with E-state index in [1.165, 1.54) is 11.1 Å². The zero-order chi connectivity index (χ0) is 12.0. The predicted molar refractivity (Wildman–Crippen MR) is 73.1 cm³/mol. The van der Waals surface area contributed by atoms with Crippen LogP contribution in [-0.2, 0) is 6.54 Å². The first-order valence-electron chi connectivity index (χ1n) is 6.14. The summed E-state index contributed by atoms with van der Waals surface area (Å²) >= 11 is 1.79. The lowest BCUT2D eigenvalue weighted by atomic mass is 10.2. The smallest absolute Gasteiger partial charge is 0.0219 e. The van der Waals surface area contributed by atoms with Gasteiger partial charge in [-0.2, -0.15) is 11.3 Å². The van der Waals surface area contributed by atoms with Crippen molar-refractivity contribution in [1.29, 1.82) is 0 Å². The number of aryl methyl sites for hydroxylation is 1. The van der Waals surface area contributed by atoms with Gasteiger partial charge in [0, 0.05) is 19.1 Å². The van der Waals surface area contributed by atoms with Gasteiger partial charge in [-0.25, -0.2) is 0 Å². The molecule has 0 saturated carbocycles. The summed E-state index contributed by atoms with van der Waals surface area (Å²) in [4.78, 5) is 2.46. The van der Waals surface area contributed by atoms with Gasteiger partial charge < -0.3 is 10.2 Å². The minimum Gasteiger partial charge on any atom is -0.309 e. The third kappa shape index (κ3) is 4.24. The monoisotopic (exact) mass is 240 g/mol. The van der Waals surface area contributed by atoms with Gasteiger partial charge in [0.25, 0.3) is 0 Å². The molecule has 0 aliphatic carbocycles. The lowest BCUT2D eigenvalue weighted by Crippen LogP contribution is -2.38. The Hall–Kier alpha value is -0.380. The van der Waals surface area contributed by atoms with Crippen molar-refractivity contribution >= 4 is 11.3 Å². The van der Waals surface area contributed by atoms with Crippen LogP contribution in [0.15, 0.2) is 10.8 Å². The first kappa shape index (κ1) is 13.7. The van der Waals surface area contributed by atoms with E-state index in [0.29, 0.717) is 6.04 Å². The summed E-state index contributed by atoms with van der Waals surface area (Å²) in [6.45, 7) is 13.3. The van der Waals surface area contributed by atoms with Crippen LogP contribution in [0.25, 0.3) is 0 Å². The Morgan fingerprint density at radius 2 is 2.00 bits per heavy atom. The first-order valence-corrected chi connectivity index (χ1v) is 7.09. The largest absolute Gasteiger partial charge is 0.309 e. The molecule has 0 amide bonds. The third-order valence-electron chi connectivity index (χ3n) is 3.03. The zero-order valence-electron chi connectivity index (χ0n) is 10.9. The number of hydrogen-bond donors (Lipinski definition) is 1. The highest BCUT2D eigenvalue weighted by Gasteiger charge is 2.07. The van der Waals surface area contributed by atoms with Crippen LogP contribution in [0.2, 0.25) is 0 Å². The molecule has 2 nitrogen and oxygen atoms in total. The highest BCUT2D eigenvalue weighted by atomic mass is 32.1. The maximum Gasteiger partial charge on any atom is 0.0219 e. The Kier molecular flexibility index (Phi) is 6.03. The van der Waals surface area contributed by atoms with Crippen molar-refractivity contribution < 1.29 is 0 Å². The predicted octanol–water partition coefficient (Wildman–Crippen LogP) is 2.88. The molecular weight excluding hydrogens is 216 g/mol. The van der Waals surface area contributed by atoms with Crippen LogP contribution in [0.4, 0.5) is 0 Å². The quantitative estimate of drug-likeness (QED) is 0.788. The van der Waals surface area contributed by atoms with Crippen LogP contribution in [-0.4, -0.2) is 30.6 Å². The van der Waals surface area contributed by atoms with Crippen molar-refractivity contribution in [1.82, 2.24) is 10.2 Å². The van der Waals surface area contributed by atoms with E-state index in [2.05, 4.69) is 48.7 Å². The number of rotatable bonds is 7. The lowest BCUT2D eigenvalue weighted by molar-refractivity contribution is 0.270.